The lowest BCUT2D eigenvalue weighted by molar-refractivity contribution is 0.490. The van der Waals surface area contributed by atoms with Crippen LogP contribution in [0.25, 0.3) is 45.2 Å². The number of aromatic nitrogens is 5. The molecule has 0 aliphatic rings. The van der Waals surface area contributed by atoms with Gasteiger partial charge in [0.2, 0.25) is 0 Å². The van der Waals surface area contributed by atoms with Crippen molar-refractivity contribution in [1.82, 2.24) is 24.5 Å². The standard InChI is InChI=1S/C25H21Cl2N5.CH4O3S/c1-15(2)13-32-14-28-20-12-11-19(29-25(20)32)23-22(16-7-4-3-5-8-16)30-24(31-23)21-17(26)9-6-10-18(21)27;1-5(2,3)4/h3-12,14-15H,13H2,1-2H3,(H,30,31);1H3,(H,2,3,4). The van der Waals surface area contributed by atoms with Crippen LogP contribution in [0.15, 0.2) is 67.0 Å². The summed E-state index contributed by atoms with van der Waals surface area (Å²) in [4.78, 5) is 17.8. The van der Waals surface area contributed by atoms with Crippen LogP contribution in [-0.4, -0.2) is 43.7 Å². The van der Waals surface area contributed by atoms with Crippen molar-refractivity contribution in [3.8, 4) is 34.0 Å². The van der Waals surface area contributed by atoms with Gasteiger partial charge in [-0.05, 0) is 30.2 Å². The Kier molecular flexibility index (Phi) is 7.99. The first kappa shape index (κ1) is 26.8. The second-order valence-corrected chi connectivity index (χ2v) is 11.1. The molecule has 0 radical (unpaired) electrons. The minimum absolute atomic E-state index is 0.485. The molecular formula is C26H25Cl2N5O3S. The first-order valence-electron chi connectivity index (χ1n) is 11.4. The first-order valence-corrected chi connectivity index (χ1v) is 14.0. The van der Waals surface area contributed by atoms with E-state index in [-0.39, 0.29) is 0 Å². The largest absolute Gasteiger partial charge is 0.336 e. The van der Waals surface area contributed by atoms with Crippen molar-refractivity contribution in [2.75, 3.05) is 6.26 Å². The first-order chi connectivity index (χ1) is 17.5. The number of nitrogens with one attached hydrogen (secondary N) is 1. The molecule has 0 unspecified atom stereocenters. The highest BCUT2D eigenvalue weighted by molar-refractivity contribution is 7.85. The van der Waals surface area contributed by atoms with Crippen LogP contribution in [-0.2, 0) is 16.7 Å². The molecule has 0 bridgehead atoms. The summed E-state index contributed by atoms with van der Waals surface area (Å²) in [6, 6.07) is 19.4. The zero-order valence-electron chi connectivity index (χ0n) is 20.4. The number of aromatic amines is 1. The van der Waals surface area contributed by atoms with E-state index in [2.05, 4.69) is 28.4 Å². The normalized spacial score (nSPS) is 11.5. The summed E-state index contributed by atoms with van der Waals surface area (Å²) in [6.07, 6.45) is 2.56. The molecule has 192 valence electrons. The van der Waals surface area contributed by atoms with Gasteiger partial charge in [0.15, 0.2) is 5.65 Å². The Hall–Kier alpha value is -3.24. The fraction of sp³-hybridized carbons (Fsp3) is 0.192. The number of pyridine rings is 1. The summed E-state index contributed by atoms with van der Waals surface area (Å²) < 4.78 is 28.0. The maximum absolute atomic E-state index is 9.19. The van der Waals surface area contributed by atoms with Crippen molar-refractivity contribution in [3.63, 3.8) is 0 Å². The van der Waals surface area contributed by atoms with Gasteiger partial charge in [-0.3, -0.25) is 4.55 Å². The van der Waals surface area contributed by atoms with Crippen LogP contribution in [0.3, 0.4) is 0 Å². The summed E-state index contributed by atoms with van der Waals surface area (Å²) in [5.74, 6) is 1.09. The molecule has 0 spiro atoms. The van der Waals surface area contributed by atoms with Gasteiger partial charge < -0.3 is 9.55 Å². The van der Waals surface area contributed by atoms with E-state index in [9.17, 15) is 8.42 Å². The molecule has 8 nitrogen and oxygen atoms in total. The van der Waals surface area contributed by atoms with Crippen molar-refractivity contribution in [2.24, 2.45) is 5.92 Å². The fourth-order valence-corrected chi connectivity index (χ4v) is 4.39. The molecule has 3 heterocycles. The molecule has 0 fully saturated rings. The maximum Gasteiger partial charge on any atom is 0.261 e. The van der Waals surface area contributed by atoms with Crippen molar-refractivity contribution in [3.05, 3.63) is 77.0 Å². The molecule has 2 N–H and O–H groups in total. The number of hydrogen-bond acceptors (Lipinski definition) is 5. The number of rotatable bonds is 5. The average Bonchev–Trinajstić information content (AvgIpc) is 3.43. The summed E-state index contributed by atoms with van der Waals surface area (Å²) in [5.41, 5.74) is 5.74. The number of halogens is 2. The van der Waals surface area contributed by atoms with E-state index in [0.717, 1.165) is 40.4 Å². The lowest BCUT2D eigenvalue weighted by Gasteiger charge is -2.08. The second-order valence-electron chi connectivity index (χ2n) is 8.83. The molecular weight excluding hydrogens is 533 g/mol. The van der Waals surface area contributed by atoms with Crippen LogP contribution in [0, 0.1) is 5.92 Å². The highest BCUT2D eigenvalue weighted by Gasteiger charge is 2.20. The summed E-state index contributed by atoms with van der Waals surface area (Å²) in [7, 11) is -3.67. The van der Waals surface area contributed by atoms with Crippen molar-refractivity contribution >= 4 is 44.5 Å². The van der Waals surface area contributed by atoms with Crippen molar-refractivity contribution in [1.29, 1.82) is 0 Å². The summed E-state index contributed by atoms with van der Waals surface area (Å²) in [6.45, 7) is 5.21. The van der Waals surface area contributed by atoms with E-state index in [1.54, 1.807) is 0 Å². The number of benzene rings is 2. The zero-order valence-corrected chi connectivity index (χ0v) is 22.7. The molecule has 3 aromatic heterocycles. The average molecular weight is 558 g/mol. The quantitative estimate of drug-likeness (QED) is 0.234. The molecule has 0 aliphatic carbocycles. The Labute approximate surface area is 225 Å². The predicted octanol–water partition coefficient (Wildman–Crippen LogP) is 6.62. The maximum atomic E-state index is 9.19. The zero-order chi connectivity index (χ0) is 26.7. The molecule has 37 heavy (non-hydrogen) atoms. The SMILES string of the molecule is CC(C)Cn1cnc2ccc(-c3[nH]c(-c4c(Cl)cccc4Cl)nc3-c3ccccc3)nc21.CS(=O)(=O)O. The molecule has 0 saturated heterocycles. The smallest absolute Gasteiger partial charge is 0.261 e. The third-order valence-electron chi connectivity index (χ3n) is 5.23. The second kappa shape index (κ2) is 11.0. The molecule has 0 amide bonds. The van der Waals surface area contributed by atoms with Crippen molar-refractivity contribution in [2.45, 2.75) is 20.4 Å². The molecule has 0 saturated carbocycles. The molecule has 0 atom stereocenters. The van der Waals surface area contributed by atoms with Gasteiger partial charge in [-0.25, -0.2) is 15.0 Å². The number of imidazole rings is 2. The van der Waals surface area contributed by atoms with Crippen LogP contribution >= 0.6 is 23.2 Å². The van der Waals surface area contributed by atoms with Crippen LogP contribution in [0.4, 0.5) is 0 Å². The third-order valence-corrected chi connectivity index (χ3v) is 5.86. The molecule has 11 heteroatoms. The van der Waals surface area contributed by atoms with Gasteiger partial charge >= 0.3 is 0 Å². The van der Waals surface area contributed by atoms with Gasteiger partial charge in [-0.15, -0.1) is 0 Å². The Bertz CT molecular complexity index is 1620. The van der Waals surface area contributed by atoms with Crippen LogP contribution in [0.2, 0.25) is 10.0 Å². The predicted molar refractivity (Wildman–Crippen MR) is 148 cm³/mol. The Morgan fingerprint density at radius 2 is 1.62 bits per heavy atom. The minimum atomic E-state index is -3.67. The van der Waals surface area contributed by atoms with Gasteiger partial charge in [0.25, 0.3) is 10.1 Å². The lowest BCUT2D eigenvalue weighted by Crippen LogP contribution is -2.04. The van der Waals surface area contributed by atoms with Gasteiger partial charge in [0.05, 0.1) is 45.3 Å². The summed E-state index contributed by atoms with van der Waals surface area (Å²) in [5, 5.41) is 1.08. The number of fused-ring (bicyclic) bond motifs is 1. The Morgan fingerprint density at radius 3 is 2.24 bits per heavy atom. The monoisotopic (exact) mass is 557 g/mol. The number of H-pyrrole nitrogens is 1. The van der Waals surface area contributed by atoms with E-state index >= 15 is 0 Å². The highest BCUT2D eigenvalue weighted by Crippen LogP contribution is 2.38. The van der Waals surface area contributed by atoms with E-state index in [4.69, 9.17) is 37.7 Å². The van der Waals surface area contributed by atoms with Crippen LogP contribution in [0.5, 0.6) is 0 Å². The van der Waals surface area contributed by atoms with E-state index < -0.39 is 10.1 Å². The molecule has 2 aromatic carbocycles. The highest BCUT2D eigenvalue weighted by atomic mass is 35.5. The molecule has 5 aromatic rings. The van der Waals surface area contributed by atoms with Crippen LogP contribution in [0.1, 0.15) is 13.8 Å². The van der Waals surface area contributed by atoms with E-state index in [1.165, 1.54) is 0 Å². The Morgan fingerprint density at radius 1 is 0.973 bits per heavy atom. The van der Waals surface area contributed by atoms with E-state index in [1.807, 2.05) is 67.0 Å². The van der Waals surface area contributed by atoms with Gasteiger partial charge in [0, 0.05) is 12.1 Å². The summed E-state index contributed by atoms with van der Waals surface area (Å²) >= 11 is 13.0. The van der Waals surface area contributed by atoms with Gasteiger partial charge in [-0.1, -0.05) is 73.4 Å². The lowest BCUT2D eigenvalue weighted by atomic mass is 10.1. The minimum Gasteiger partial charge on any atom is -0.336 e. The molecule has 5 rings (SSSR count). The van der Waals surface area contributed by atoms with Crippen molar-refractivity contribution < 1.29 is 13.0 Å². The fourth-order valence-electron chi connectivity index (χ4n) is 3.81. The third kappa shape index (κ3) is 6.56. The number of hydrogen-bond donors (Lipinski definition) is 2. The van der Waals surface area contributed by atoms with E-state index in [0.29, 0.717) is 33.6 Å². The topological polar surface area (TPSA) is 114 Å². The number of nitrogens with zero attached hydrogens (tertiary/aromatic N) is 4. The molecule has 0 aliphatic heterocycles. The van der Waals surface area contributed by atoms with Gasteiger partial charge in [0.1, 0.15) is 11.3 Å². The van der Waals surface area contributed by atoms with Gasteiger partial charge in [-0.2, -0.15) is 8.42 Å². The Balaban J connectivity index is 0.000000586. The van der Waals surface area contributed by atoms with Crippen LogP contribution < -0.4 is 0 Å².